The molecule has 0 unspecified atom stereocenters. The minimum absolute atomic E-state index is 0.0744. The van der Waals surface area contributed by atoms with Gasteiger partial charge in [-0.05, 0) is 103 Å². The van der Waals surface area contributed by atoms with Crippen molar-refractivity contribution in [2.24, 2.45) is 51.8 Å². The van der Waals surface area contributed by atoms with Crippen LogP contribution in [0.2, 0.25) is 0 Å². The maximum atomic E-state index is 10.6. The zero-order chi connectivity index (χ0) is 22.8. The number of hydrogen-bond donors (Lipinski definition) is 1. The van der Waals surface area contributed by atoms with Gasteiger partial charge in [0.15, 0.2) is 0 Å². The van der Waals surface area contributed by atoms with Crippen molar-refractivity contribution in [3.05, 3.63) is 11.1 Å². The summed E-state index contributed by atoms with van der Waals surface area (Å²) in [6.45, 7) is 20.1. The Morgan fingerprint density at radius 2 is 1.58 bits per heavy atom. The predicted molar refractivity (Wildman–Crippen MR) is 133 cm³/mol. The molecule has 0 bridgehead atoms. The number of rotatable bonds is 5. The quantitative estimate of drug-likeness (QED) is 0.436. The smallest absolute Gasteiger partial charge is 0.0569 e. The zero-order valence-electron chi connectivity index (χ0n) is 22.1. The van der Waals surface area contributed by atoms with E-state index in [1.165, 1.54) is 57.8 Å². The first-order chi connectivity index (χ1) is 14.5. The van der Waals surface area contributed by atoms with Gasteiger partial charge in [0.1, 0.15) is 0 Å². The number of aliphatic hydroxyl groups excluding tert-OH is 1. The van der Waals surface area contributed by atoms with Crippen LogP contribution in [-0.4, -0.2) is 11.2 Å². The SMILES string of the molecule is CC(C)[C@@H](C)CC[C@@H](C)[C@H]1CC[C@@]2(C)C3=C(CC[C@]12C)[C@@]1(C)CC[C@H](O)[C@@H](C)[C@H]1CC3. The largest absolute Gasteiger partial charge is 0.393 e. The maximum Gasteiger partial charge on any atom is 0.0569 e. The van der Waals surface area contributed by atoms with Gasteiger partial charge in [0, 0.05) is 0 Å². The third-order valence-corrected chi connectivity index (χ3v) is 12.3. The van der Waals surface area contributed by atoms with Gasteiger partial charge >= 0.3 is 0 Å². The standard InChI is InChI=1S/C30H52O/c1-19(2)20(3)9-10-21(4)23-13-17-30(8)26-12-11-24-22(5)27(31)15-16-28(24,6)25(26)14-18-29(23,30)7/h19-24,27,31H,9-18H2,1-8H3/t20-,21+,22-,23+,24+,27-,28-,29+,30-/m0/s1. The zero-order valence-corrected chi connectivity index (χ0v) is 22.1. The molecule has 178 valence electrons. The van der Waals surface area contributed by atoms with Crippen LogP contribution in [0.15, 0.2) is 11.1 Å². The lowest BCUT2D eigenvalue weighted by molar-refractivity contribution is -0.0414. The molecule has 0 spiro atoms. The van der Waals surface area contributed by atoms with Crippen molar-refractivity contribution in [3.63, 3.8) is 0 Å². The van der Waals surface area contributed by atoms with Crippen LogP contribution in [0.1, 0.15) is 120 Å². The van der Waals surface area contributed by atoms with Gasteiger partial charge in [-0.15, -0.1) is 0 Å². The summed E-state index contributed by atoms with van der Waals surface area (Å²) in [5.41, 5.74) is 5.01. The van der Waals surface area contributed by atoms with E-state index in [2.05, 4.69) is 55.4 Å². The fourth-order valence-electron chi connectivity index (χ4n) is 9.31. The van der Waals surface area contributed by atoms with Gasteiger partial charge in [0.2, 0.25) is 0 Å². The molecule has 2 fully saturated rings. The van der Waals surface area contributed by atoms with Crippen molar-refractivity contribution < 1.29 is 5.11 Å². The molecular formula is C30H52O. The lowest BCUT2D eigenvalue weighted by Gasteiger charge is -2.60. The van der Waals surface area contributed by atoms with Crippen LogP contribution < -0.4 is 0 Å². The molecule has 4 aliphatic carbocycles. The summed E-state index contributed by atoms with van der Waals surface area (Å²) in [6.07, 6.45) is 13.2. The molecule has 0 amide bonds. The normalized spacial score (nSPS) is 47.0. The van der Waals surface area contributed by atoms with Gasteiger partial charge in [0.25, 0.3) is 0 Å². The molecule has 2 saturated carbocycles. The summed E-state index contributed by atoms with van der Waals surface area (Å²) in [7, 11) is 0. The van der Waals surface area contributed by atoms with Crippen molar-refractivity contribution in [1.82, 2.24) is 0 Å². The van der Waals surface area contributed by atoms with Crippen LogP contribution in [0.25, 0.3) is 0 Å². The van der Waals surface area contributed by atoms with E-state index in [1.807, 2.05) is 11.1 Å². The van der Waals surface area contributed by atoms with Crippen LogP contribution in [0.3, 0.4) is 0 Å². The van der Waals surface area contributed by atoms with Gasteiger partial charge in [-0.1, -0.05) is 79.4 Å². The third kappa shape index (κ3) is 3.50. The summed E-state index contributed by atoms with van der Waals surface area (Å²) in [6, 6.07) is 0. The molecule has 0 saturated heterocycles. The Bertz CT molecular complexity index is 705. The fourth-order valence-corrected chi connectivity index (χ4v) is 9.31. The summed E-state index contributed by atoms with van der Waals surface area (Å²) in [4.78, 5) is 0. The average molecular weight is 429 g/mol. The van der Waals surface area contributed by atoms with Gasteiger partial charge in [-0.25, -0.2) is 0 Å². The Hall–Kier alpha value is -0.300. The van der Waals surface area contributed by atoms with E-state index in [9.17, 15) is 5.11 Å². The molecule has 1 heteroatoms. The van der Waals surface area contributed by atoms with Crippen molar-refractivity contribution in [3.8, 4) is 0 Å². The van der Waals surface area contributed by atoms with Gasteiger partial charge in [0.05, 0.1) is 6.10 Å². The molecule has 0 aromatic carbocycles. The second-order valence-corrected chi connectivity index (χ2v) is 13.7. The molecule has 9 atom stereocenters. The minimum Gasteiger partial charge on any atom is -0.393 e. The Balaban J connectivity index is 1.60. The highest BCUT2D eigenvalue weighted by atomic mass is 16.3. The Kier molecular flexibility index (Phi) is 6.29. The summed E-state index contributed by atoms with van der Waals surface area (Å²) in [5.74, 6) is 4.56. The molecule has 0 radical (unpaired) electrons. The molecule has 0 aliphatic heterocycles. The molecule has 0 aromatic rings. The van der Waals surface area contributed by atoms with E-state index in [1.54, 1.807) is 0 Å². The van der Waals surface area contributed by atoms with E-state index >= 15 is 0 Å². The Morgan fingerprint density at radius 3 is 2.26 bits per heavy atom. The summed E-state index contributed by atoms with van der Waals surface area (Å²) >= 11 is 0. The number of hydrogen-bond acceptors (Lipinski definition) is 1. The molecule has 0 heterocycles. The number of aliphatic hydroxyl groups is 1. The first-order valence-corrected chi connectivity index (χ1v) is 13.9. The first-order valence-electron chi connectivity index (χ1n) is 13.9. The van der Waals surface area contributed by atoms with Crippen molar-refractivity contribution in [2.45, 2.75) is 126 Å². The topological polar surface area (TPSA) is 20.2 Å². The maximum absolute atomic E-state index is 10.6. The van der Waals surface area contributed by atoms with Crippen molar-refractivity contribution in [2.75, 3.05) is 0 Å². The van der Waals surface area contributed by atoms with Crippen LogP contribution in [0.5, 0.6) is 0 Å². The van der Waals surface area contributed by atoms with Crippen molar-refractivity contribution in [1.29, 1.82) is 0 Å². The Labute approximate surface area is 193 Å². The van der Waals surface area contributed by atoms with E-state index in [4.69, 9.17) is 0 Å². The molecule has 1 nitrogen and oxygen atoms in total. The van der Waals surface area contributed by atoms with Gasteiger partial charge in [-0.3, -0.25) is 0 Å². The highest BCUT2D eigenvalue weighted by Crippen LogP contribution is 2.71. The van der Waals surface area contributed by atoms with Crippen LogP contribution in [0.4, 0.5) is 0 Å². The summed E-state index contributed by atoms with van der Waals surface area (Å²) in [5, 5.41) is 10.6. The number of fused-ring (bicyclic) bond motifs is 4. The molecular weight excluding hydrogens is 376 g/mol. The summed E-state index contributed by atoms with van der Waals surface area (Å²) < 4.78 is 0. The highest BCUT2D eigenvalue weighted by molar-refractivity contribution is 5.38. The van der Waals surface area contributed by atoms with Crippen LogP contribution in [0, 0.1) is 51.8 Å². The molecule has 4 rings (SSSR count). The molecule has 1 N–H and O–H groups in total. The molecule has 31 heavy (non-hydrogen) atoms. The van der Waals surface area contributed by atoms with Crippen molar-refractivity contribution >= 4 is 0 Å². The van der Waals surface area contributed by atoms with E-state index in [0.717, 1.165) is 30.1 Å². The van der Waals surface area contributed by atoms with E-state index in [0.29, 0.717) is 28.1 Å². The lowest BCUT2D eigenvalue weighted by Crippen LogP contribution is -2.51. The predicted octanol–water partition coefficient (Wildman–Crippen LogP) is 8.41. The third-order valence-electron chi connectivity index (χ3n) is 12.3. The highest BCUT2D eigenvalue weighted by Gasteiger charge is 2.62. The minimum atomic E-state index is -0.0744. The lowest BCUT2D eigenvalue weighted by atomic mass is 9.45. The number of allylic oxidation sites excluding steroid dienone is 2. The fraction of sp³-hybridized carbons (Fsp3) is 0.933. The van der Waals surface area contributed by atoms with Crippen LogP contribution >= 0.6 is 0 Å². The monoisotopic (exact) mass is 428 g/mol. The van der Waals surface area contributed by atoms with E-state index in [-0.39, 0.29) is 6.10 Å². The molecule has 4 aliphatic rings. The second kappa shape index (κ2) is 8.18. The first kappa shape index (κ1) is 23.8. The second-order valence-electron chi connectivity index (χ2n) is 13.7. The molecule has 0 aromatic heterocycles. The van der Waals surface area contributed by atoms with Gasteiger partial charge in [-0.2, -0.15) is 0 Å². The van der Waals surface area contributed by atoms with E-state index < -0.39 is 0 Å². The van der Waals surface area contributed by atoms with Crippen LogP contribution in [-0.2, 0) is 0 Å². The Morgan fingerprint density at radius 1 is 0.871 bits per heavy atom. The average Bonchev–Trinajstić information content (AvgIpc) is 3.00. The van der Waals surface area contributed by atoms with Gasteiger partial charge < -0.3 is 5.11 Å².